The van der Waals surface area contributed by atoms with E-state index in [1.807, 2.05) is 55.6 Å². The molecule has 50 heavy (non-hydrogen) atoms. The maximum absolute atomic E-state index is 14.9. The van der Waals surface area contributed by atoms with Crippen LogP contribution in [-0.4, -0.2) is 56.6 Å². The molecule has 5 rings (SSSR count). The predicted octanol–water partition coefficient (Wildman–Crippen LogP) is 7.74. The van der Waals surface area contributed by atoms with Gasteiger partial charge in [0.1, 0.15) is 18.3 Å². The van der Waals surface area contributed by atoms with Gasteiger partial charge in [-0.15, -0.1) is 11.8 Å². The van der Waals surface area contributed by atoms with Gasteiger partial charge in [-0.1, -0.05) is 91.5 Å². The van der Waals surface area contributed by atoms with Gasteiger partial charge in [-0.25, -0.2) is 8.42 Å². The first-order valence-corrected chi connectivity index (χ1v) is 20.0. The molecule has 1 atom stereocenters. The maximum atomic E-state index is 14.9. The monoisotopic (exact) mass is 733 g/mol. The Morgan fingerprint density at radius 2 is 1.56 bits per heavy atom. The highest BCUT2D eigenvalue weighted by Crippen LogP contribution is 2.34. The highest BCUT2D eigenvalue weighted by Gasteiger charge is 2.36. The third-order valence-corrected chi connectivity index (χ3v) is 11.8. The third-order valence-electron chi connectivity index (χ3n) is 8.88. The molecule has 0 aliphatic heterocycles. The lowest BCUT2D eigenvalue weighted by Crippen LogP contribution is -2.55. The number of hydrogen-bond donors (Lipinski definition) is 1. The van der Waals surface area contributed by atoms with Crippen molar-refractivity contribution < 1.29 is 22.7 Å². The molecule has 0 radical (unpaired) electrons. The molecular weight excluding hydrogens is 690 g/mol. The zero-order chi connectivity index (χ0) is 35.5. The van der Waals surface area contributed by atoms with E-state index in [1.165, 1.54) is 16.7 Å². The summed E-state index contributed by atoms with van der Waals surface area (Å²) in [5.74, 6) is -0.515. The van der Waals surface area contributed by atoms with Crippen molar-refractivity contribution in [1.29, 1.82) is 0 Å². The number of carbonyl (C=O) groups is 2. The van der Waals surface area contributed by atoms with Crippen molar-refractivity contribution in [3.8, 4) is 5.75 Å². The van der Waals surface area contributed by atoms with Crippen LogP contribution >= 0.6 is 23.4 Å². The second kappa shape index (κ2) is 17.8. The van der Waals surface area contributed by atoms with Crippen molar-refractivity contribution in [2.24, 2.45) is 0 Å². The first-order chi connectivity index (χ1) is 24.2. The van der Waals surface area contributed by atoms with E-state index in [-0.39, 0.29) is 35.5 Å². The van der Waals surface area contributed by atoms with E-state index in [0.29, 0.717) is 22.9 Å². The molecule has 4 aromatic rings. The number of sulfonamides is 1. The van der Waals surface area contributed by atoms with Crippen LogP contribution < -0.4 is 14.4 Å². The quantitative estimate of drug-likeness (QED) is 0.126. The highest BCUT2D eigenvalue weighted by atomic mass is 35.5. The number of ether oxygens (including phenoxy) is 1. The molecule has 8 nitrogen and oxygen atoms in total. The Balaban J connectivity index is 1.60. The number of halogens is 1. The molecule has 1 unspecified atom stereocenters. The summed E-state index contributed by atoms with van der Waals surface area (Å²) in [4.78, 5) is 31.6. The average Bonchev–Trinajstić information content (AvgIpc) is 3.14. The van der Waals surface area contributed by atoms with Crippen molar-refractivity contribution >= 4 is 50.9 Å². The average molecular weight is 734 g/mol. The third kappa shape index (κ3) is 9.41. The van der Waals surface area contributed by atoms with E-state index in [9.17, 15) is 18.0 Å². The van der Waals surface area contributed by atoms with E-state index < -0.39 is 28.5 Å². The van der Waals surface area contributed by atoms with Crippen molar-refractivity contribution in [2.75, 3.05) is 23.7 Å². The molecule has 11 heteroatoms. The van der Waals surface area contributed by atoms with Gasteiger partial charge < -0.3 is 15.0 Å². The fourth-order valence-corrected chi connectivity index (χ4v) is 8.27. The highest BCUT2D eigenvalue weighted by molar-refractivity contribution is 7.98. The molecule has 1 N–H and O–H groups in total. The molecule has 0 spiro atoms. The number of hydrogen-bond acceptors (Lipinski definition) is 6. The minimum atomic E-state index is -4.29. The van der Waals surface area contributed by atoms with Gasteiger partial charge in [0.15, 0.2) is 0 Å². The fourth-order valence-electron chi connectivity index (χ4n) is 6.24. The van der Waals surface area contributed by atoms with E-state index in [1.54, 1.807) is 60.7 Å². The van der Waals surface area contributed by atoms with Crippen LogP contribution in [0.15, 0.2) is 113 Å². The van der Waals surface area contributed by atoms with Crippen molar-refractivity contribution in [1.82, 2.24) is 10.2 Å². The minimum Gasteiger partial charge on any atom is -0.492 e. The Hall–Kier alpha value is -3.99. The predicted molar refractivity (Wildman–Crippen MR) is 201 cm³/mol. The Morgan fingerprint density at radius 1 is 0.900 bits per heavy atom. The van der Waals surface area contributed by atoms with Crippen LogP contribution in [0.5, 0.6) is 5.75 Å². The molecule has 0 saturated heterocycles. The van der Waals surface area contributed by atoms with Gasteiger partial charge in [-0.3, -0.25) is 13.9 Å². The number of para-hydroxylation sites is 2. The number of anilines is 1. The molecule has 1 aliphatic rings. The second-order valence-electron chi connectivity index (χ2n) is 12.3. The largest absolute Gasteiger partial charge is 0.492 e. The first kappa shape index (κ1) is 37.3. The van der Waals surface area contributed by atoms with Crippen LogP contribution in [0.3, 0.4) is 0 Å². The molecule has 0 aromatic heterocycles. The Labute approximate surface area is 305 Å². The standard InChI is InChI=1S/C39H44ClN3O5S2/c1-3-48-37-21-13-12-20-35(37)43(50(46,47)33-24-22-32(49-2)23-25-33)28-38(44)42(27-30-16-10-11-19-34(30)40)36(26-29-14-6-4-7-15-29)39(45)41-31-17-8-5-9-18-31/h4,6-7,10-16,19-25,31,36H,3,5,8-9,17-18,26-28H2,1-2H3,(H,41,45). The lowest BCUT2D eigenvalue weighted by atomic mass is 9.94. The van der Waals surface area contributed by atoms with Gasteiger partial charge in [0.25, 0.3) is 10.0 Å². The SMILES string of the molecule is CCOc1ccccc1N(CC(=O)N(Cc1ccccc1Cl)C(Cc1ccccc1)C(=O)NC1CCCCC1)S(=O)(=O)c1ccc(SC)cc1. The van der Waals surface area contributed by atoms with Crippen LogP contribution in [-0.2, 0) is 32.6 Å². The molecule has 264 valence electrons. The Bertz CT molecular complexity index is 1830. The van der Waals surface area contributed by atoms with Gasteiger partial charge in [0.05, 0.1) is 17.2 Å². The number of nitrogens with zero attached hydrogens (tertiary/aromatic N) is 2. The number of rotatable bonds is 15. The summed E-state index contributed by atoms with van der Waals surface area (Å²) in [5, 5.41) is 3.67. The first-order valence-electron chi connectivity index (χ1n) is 17.0. The smallest absolute Gasteiger partial charge is 0.264 e. The second-order valence-corrected chi connectivity index (χ2v) is 15.4. The summed E-state index contributed by atoms with van der Waals surface area (Å²) >= 11 is 8.14. The van der Waals surface area contributed by atoms with Crippen molar-refractivity contribution in [3.63, 3.8) is 0 Å². The van der Waals surface area contributed by atoms with Gasteiger partial charge in [-0.05, 0) is 79.6 Å². The summed E-state index contributed by atoms with van der Waals surface area (Å²) in [6, 6.07) is 29.1. The summed E-state index contributed by atoms with van der Waals surface area (Å²) in [7, 11) is -4.29. The number of carbonyl (C=O) groups excluding carboxylic acids is 2. The number of thioether (sulfide) groups is 1. The van der Waals surface area contributed by atoms with Crippen molar-refractivity contribution in [3.05, 3.63) is 119 Å². The summed E-state index contributed by atoms with van der Waals surface area (Å²) < 4.78 is 36.0. The zero-order valence-electron chi connectivity index (χ0n) is 28.5. The van der Waals surface area contributed by atoms with Crippen molar-refractivity contribution in [2.45, 2.75) is 73.9 Å². The van der Waals surface area contributed by atoms with Crippen LogP contribution in [0.1, 0.15) is 50.2 Å². The molecule has 1 saturated carbocycles. The zero-order valence-corrected chi connectivity index (χ0v) is 30.9. The molecular formula is C39H44ClN3O5S2. The van der Waals surface area contributed by atoms with Crippen LogP contribution in [0.4, 0.5) is 5.69 Å². The molecule has 1 aliphatic carbocycles. The summed E-state index contributed by atoms with van der Waals surface area (Å²) in [6.45, 7) is 1.52. The Kier molecular flexibility index (Phi) is 13.3. The molecule has 0 bridgehead atoms. The van der Waals surface area contributed by atoms with Crippen LogP contribution in [0.2, 0.25) is 5.02 Å². The van der Waals surface area contributed by atoms with Gasteiger partial charge >= 0.3 is 0 Å². The van der Waals surface area contributed by atoms with Gasteiger partial charge in [0, 0.05) is 28.9 Å². The van der Waals surface area contributed by atoms with E-state index in [2.05, 4.69) is 5.32 Å². The number of benzene rings is 4. The molecule has 2 amide bonds. The van der Waals surface area contributed by atoms with E-state index in [0.717, 1.165) is 46.9 Å². The Morgan fingerprint density at radius 3 is 2.24 bits per heavy atom. The maximum Gasteiger partial charge on any atom is 0.264 e. The summed E-state index contributed by atoms with van der Waals surface area (Å²) in [6.07, 6.45) is 7.08. The van der Waals surface area contributed by atoms with E-state index >= 15 is 0 Å². The number of nitrogens with one attached hydrogen (secondary N) is 1. The van der Waals surface area contributed by atoms with Gasteiger partial charge in [-0.2, -0.15) is 0 Å². The van der Waals surface area contributed by atoms with Crippen LogP contribution in [0.25, 0.3) is 0 Å². The minimum absolute atomic E-state index is 0.00247. The normalized spacial score (nSPS) is 14.1. The van der Waals surface area contributed by atoms with E-state index in [4.69, 9.17) is 16.3 Å². The van der Waals surface area contributed by atoms with Gasteiger partial charge in [0.2, 0.25) is 11.8 Å². The molecule has 0 heterocycles. The summed E-state index contributed by atoms with van der Waals surface area (Å²) in [5.41, 5.74) is 1.73. The van der Waals surface area contributed by atoms with Crippen LogP contribution in [0, 0.1) is 0 Å². The number of amides is 2. The topological polar surface area (TPSA) is 96.0 Å². The molecule has 4 aromatic carbocycles. The lowest BCUT2D eigenvalue weighted by Gasteiger charge is -2.35. The lowest BCUT2D eigenvalue weighted by molar-refractivity contribution is -0.140. The molecule has 1 fully saturated rings. The fraction of sp³-hybridized carbons (Fsp3) is 0.333.